The Balaban J connectivity index is 1.41. The number of nitrogens with zero attached hydrogens (tertiary/aromatic N) is 7. The lowest BCUT2D eigenvalue weighted by molar-refractivity contribution is 0.501. The summed E-state index contributed by atoms with van der Waals surface area (Å²) in [4.78, 5) is 27.7. The Hall–Kier alpha value is -3.79. The van der Waals surface area contributed by atoms with Crippen LogP contribution in [0.15, 0.2) is 47.5 Å². The third kappa shape index (κ3) is 2.95. The Morgan fingerprint density at radius 2 is 2.03 bits per heavy atom. The standard InChI is InChI=1S/C21H21N9O/c22-13-4-3-9-28(11-13)21-26-16-10-24-29(20(31)19(16)27-21)12-18-25-15-6-2-1-5-14(15)17-7-8-23-30(17)18/h1-2,5-8,10,13H,3-4,9,11-12,22H2,(H,26,27). The number of nitrogens with one attached hydrogen (secondary N) is 1. The van der Waals surface area contributed by atoms with Crippen molar-refractivity contribution in [3.8, 4) is 0 Å². The fourth-order valence-electron chi connectivity index (χ4n) is 4.32. The van der Waals surface area contributed by atoms with Crippen LogP contribution < -0.4 is 16.2 Å². The highest BCUT2D eigenvalue weighted by molar-refractivity contribution is 5.93. The van der Waals surface area contributed by atoms with Gasteiger partial charge in [-0.3, -0.25) is 4.79 Å². The highest BCUT2D eigenvalue weighted by Crippen LogP contribution is 2.20. The smallest absolute Gasteiger partial charge is 0.293 e. The summed E-state index contributed by atoms with van der Waals surface area (Å²) in [5.41, 5.74) is 8.63. The summed E-state index contributed by atoms with van der Waals surface area (Å²) in [6.45, 7) is 1.79. The lowest BCUT2D eigenvalue weighted by Gasteiger charge is -2.30. The predicted octanol–water partition coefficient (Wildman–Crippen LogP) is 1.29. The molecule has 1 saturated heterocycles. The van der Waals surface area contributed by atoms with Gasteiger partial charge < -0.3 is 15.6 Å². The molecule has 0 radical (unpaired) electrons. The molecule has 3 N–H and O–H groups in total. The summed E-state index contributed by atoms with van der Waals surface area (Å²) in [6.07, 6.45) is 5.36. The number of hydrogen-bond acceptors (Lipinski definition) is 7. The van der Waals surface area contributed by atoms with Gasteiger partial charge in [0.15, 0.2) is 5.82 Å². The summed E-state index contributed by atoms with van der Waals surface area (Å²) >= 11 is 0. The van der Waals surface area contributed by atoms with Crippen molar-refractivity contribution in [2.45, 2.75) is 25.4 Å². The largest absolute Gasteiger partial charge is 0.341 e. The van der Waals surface area contributed by atoms with Crippen molar-refractivity contribution in [2.24, 2.45) is 5.73 Å². The van der Waals surface area contributed by atoms with Gasteiger partial charge in [-0.25, -0.2) is 19.2 Å². The van der Waals surface area contributed by atoms with Crippen LogP contribution in [0.4, 0.5) is 5.95 Å². The van der Waals surface area contributed by atoms with Crippen molar-refractivity contribution in [3.63, 3.8) is 0 Å². The average Bonchev–Trinajstić information content (AvgIpc) is 3.44. The third-order valence-corrected chi connectivity index (χ3v) is 5.85. The van der Waals surface area contributed by atoms with E-state index in [-0.39, 0.29) is 18.1 Å². The Morgan fingerprint density at radius 3 is 2.94 bits per heavy atom. The molecule has 1 fully saturated rings. The summed E-state index contributed by atoms with van der Waals surface area (Å²) < 4.78 is 3.15. The minimum absolute atomic E-state index is 0.118. The number of rotatable bonds is 3. The molecule has 1 unspecified atom stereocenters. The number of piperidine rings is 1. The van der Waals surface area contributed by atoms with Gasteiger partial charge in [0.1, 0.15) is 17.6 Å². The Bertz CT molecular complexity index is 1480. The lowest BCUT2D eigenvalue weighted by Crippen LogP contribution is -2.43. The highest BCUT2D eigenvalue weighted by Gasteiger charge is 2.21. The fourth-order valence-corrected chi connectivity index (χ4v) is 4.32. The van der Waals surface area contributed by atoms with Crippen molar-refractivity contribution < 1.29 is 0 Å². The van der Waals surface area contributed by atoms with E-state index in [1.54, 1.807) is 16.9 Å². The molecule has 156 valence electrons. The maximum absolute atomic E-state index is 13.2. The number of aromatic amines is 1. The van der Waals surface area contributed by atoms with E-state index < -0.39 is 0 Å². The molecule has 0 aliphatic carbocycles. The number of imidazole rings is 1. The number of aromatic nitrogens is 7. The summed E-state index contributed by atoms with van der Waals surface area (Å²) in [6, 6.07) is 9.95. The zero-order valence-electron chi connectivity index (χ0n) is 16.8. The molecule has 0 spiro atoms. The number of hydrogen-bond donors (Lipinski definition) is 2. The third-order valence-electron chi connectivity index (χ3n) is 5.85. The van der Waals surface area contributed by atoms with Crippen LogP contribution >= 0.6 is 0 Å². The maximum Gasteiger partial charge on any atom is 0.293 e. The van der Waals surface area contributed by atoms with Crippen molar-refractivity contribution in [3.05, 3.63) is 58.9 Å². The minimum atomic E-state index is -0.243. The topological polar surface area (TPSA) is 123 Å². The molecule has 31 heavy (non-hydrogen) atoms. The van der Waals surface area contributed by atoms with Crippen molar-refractivity contribution in [1.82, 2.24) is 34.3 Å². The van der Waals surface area contributed by atoms with Crippen LogP contribution in [0.1, 0.15) is 18.7 Å². The fraction of sp³-hybridized carbons (Fsp3) is 0.286. The van der Waals surface area contributed by atoms with Gasteiger partial charge in [-0.05, 0) is 25.0 Å². The normalized spacial score (nSPS) is 17.2. The van der Waals surface area contributed by atoms with Crippen LogP contribution in [0.5, 0.6) is 0 Å². The van der Waals surface area contributed by atoms with Gasteiger partial charge >= 0.3 is 0 Å². The predicted molar refractivity (Wildman–Crippen MR) is 117 cm³/mol. The van der Waals surface area contributed by atoms with E-state index in [4.69, 9.17) is 10.7 Å². The number of anilines is 1. The van der Waals surface area contributed by atoms with E-state index in [1.807, 2.05) is 30.3 Å². The second-order valence-electron chi connectivity index (χ2n) is 7.95. The Kier molecular flexibility index (Phi) is 4.00. The second-order valence-corrected chi connectivity index (χ2v) is 7.95. The van der Waals surface area contributed by atoms with Crippen molar-refractivity contribution in [1.29, 1.82) is 0 Å². The van der Waals surface area contributed by atoms with Crippen LogP contribution in [-0.4, -0.2) is 53.5 Å². The second kappa shape index (κ2) is 6.88. The zero-order chi connectivity index (χ0) is 20.9. The molecule has 1 aromatic carbocycles. The maximum atomic E-state index is 13.2. The monoisotopic (exact) mass is 415 g/mol. The first-order valence-electron chi connectivity index (χ1n) is 10.3. The van der Waals surface area contributed by atoms with E-state index >= 15 is 0 Å². The molecule has 4 aromatic heterocycles. The first kappa shape index (κ1) is 18.0. The molecule has 0 bridgehead atoms. The Morgan fingerprint density at radius 1 is 1.13 bits per heavy atom. The first-order valence-corrected chi connectivity index (χ1v) is 10.3. The molecule has 1 aliphatic rings. The van der Waals surface area contributed by atoms with E-state index in [2.05, 4.69) is 25.1 Å². The molecule has 0 amide bonds. The number of H-pyrrole nitrogens is 1. The van der Waals surface area contributed by atoms with E-state index in [9.17, 15) is 4.79 Å². The molecular weight excluding hydrogens is 394 g/mol. The molecule has 1 atom stereocenters. The van der Waals surface area contributed by atoms with E-state index in [0.29, 0.717) is 22.8 Å². The lowest BCUT2D eigenvalue weighted by atomic mass is 10.1. The summed E-state index contributed by atoms with van der Waals surface area (Å²) in [5, 5.41) is 9.76. The first-order chi connectivity index (χ1) is 15.2. The van der Waals surface area contributed by atoms with Crippen LogP contribution in [0, 0.1) is 0 Å². The highest BCUT2D eigenvalue weighted by atomic mass is 16.1. The van der Waals surface area contributed by atoms with Gasteiger partial charge in [0.05, 0.1) is 23.4 Å². The zero-order valence-corrected chi connectivity index (χ0v) is 16.8. The van der Waals surface area contributed by atoms with E-state index in [1.165, 1.54) is 4.68 Å². The minimum Gasteiger partial charge on any atom is -0.341 e. The van der Waals surface area contributed by atoms with Crippen LogP contribution in [0.25, 0.3) is 27.5 Å². The molecule has 5 heterocycles. The van der Waals surface area contributed by atoms with Crippen LogP contribution in [0.3, 0.4) is 0 Å². The van der Waals surface area contributed by atoms with Crippen molar-refractivity contribution >= 4 is 33.4 Å². The molecule has 10 nitrogen and oxygen atoms in total. The molecule has 6 rings (SSSR count). The Labute approximate surface area is 176 Å². The van der Waals surface area contributed by atoms with Gasteiger partial charge in [0.2, 0.25) is 5.95 Å². The van der Waals surface area contributed by atoms with Crippen LogP contribution in [-0.2, 0) is 6.54 Å². The average molecular weight is 415 g/mol. The van der Waals surface area contributed by atoms with Crippen molar-refractivity contribution in [2.75, 3.05) is 18.0 Å². The molecular formula is C21H21N9O. The van der Waals surface area contributed by atoms with Gasteiger partial charge in [0, 0.05) is 24.5 Å². The number of nitrogens with two attached hydrogens (primary N) is 1. The van der Waals surface area contributed by atoms with Crippen LogP contribution in [0.2, 0.25) is 0 Å². The SMILES string of the molecule is NC1CCCN(c2nc3cnn(Cc4nc5ccccc5c5ccnn45)c(=O)c3[nH]2)C1. The van der Waals surface area contributed by atoms with E-state index in [0.717, 1.165) is 42.4 Å². The number of benzene rings is 1. The molecule has 5 aromatic rings. The number of para-hydroxylation sites is 1. The van der Waals surface area contributed by atoms with Gasteiger partial charge in [-0.1, -0.05) is 18.2 Å². The molecule has 0 saturated carbocycles. The van der Waals surface area contributed by atoms with Gasteiger partial charge in [-0.15, -0.1) is 0 Å². The number of fused-ring (bicyclic) bond motifs is 4. The molecule has 1 aliphatic heterocycles. The molecule has 10 heteroatoms. The summed E-state index contributed by atoms with van der Waals surface area (Å²) in [5.74, 6) is 1.30. The summed E-state index contributed by atoms with van der Waals surface area (Å²) in [7, 11) is 0. The quantitative estimate of drug-likeness (QED) is 0.455. The van der Waals surface area contributed by atoms with Gasteiger partial charge in [-0.2, -0.15) is 10.2 Å². The van der Waals surface area contributed by atoms with Gasteiger partial charge in [0.25, 0.3) is 5.56 Å².